The molecule has 122 valence electrons. The molecular weight excluding hydrogens is 244 g/mol. The predicted molar refractivity (Wildman–Crippen MR) is 92.5 cm³/mol. The van der Waals surface area contributed by atoms with Gasteiger partial charge in [0.1, 0.15) is 0 Å². The first-order valence-corrected chi connectivity index (χ1v) is 9.05. The molecule has 0 bridgehead atoms. The summed E-state index contributed by atoms with van der Waals surface area (Å²) in [5.41, 5.74) is 0. The van der Waals surface area contributed by atoms with Crippen molar-refractivity contribution in [2.45, 2.75) is 90.5 Å². The van der Waals surface area contributed by atoms with E-state index in [1.54, 1.807) is 0 Å². The zero-order valence-electron chi connectivity index (χ0n) is 14.7. The largest absolute Gasteiger partial charge is 0.314 e. The molecule has 0 aromatic heterocycles. The van der Waals surface area contributed by atoms with Gasteiger partial charge in [0.2, 0.25) is 0 Å². The number of hydrogen-bond donors (Lipinski definition) is 1. The third kappa shape index (κ3) is 16.0. The summed E-state index contributed by atoms with van der Waals surface area (Å²) in [7, 11) is 4.29. The lowest BCUT2D eigenvalue weighted by molar-refractivity contribution is 0.383. The minimum atomic E-state index is 0.696. The lowest BCUT2D eigenvalue weighted by Gasteiger charge is -2.15. The highest BCUT2D eigenvalue weighted by Gasteiger charge is 2.01. The van der Waals surface area contributed by atoms with E-state index in [4.69, 9.17) is 0 Å². The van der Waals surface area contributed by atoms with Gasteiger partial charge in [-0.25, -0.2) is 0 Å². The standard InChI is InChI=1S/C18H40N2/c1-5-6-7-8-9-10-11-12-13-15-18(2)19-16-14-17-20(3)4/h18-19H,5-17H2,1-4H3. The number of unbranched alkanes of at least 4 members (excludes halogenated alkanes) is 8. The Morgan fingerprint density at radius 3 is 1.90 bits per heavy atom. The molecule has 0 radical (unpaired) electrons. The summed E-state index contributed by atoms with van der Waals surface area (Å²) >= 11 is 0. The van der Waals surface area contributed by atoms with Crippen LogP contribution in [0.3, 0.4) is 0 Å². The number of nitrogens with zero attached hydrogens (tertiary/aromatic N) is 1. The third-order valence-electron chi connectivity index (χ3n) is 4.02. The molecule has 0 aliphatic rings. The molecule has 0 aromatic carbocycles. The van der Waals surface area contributed by atoms with Crippen LogP contribution in [0.1, 0.15) is 84.5 Å². The molecule has 0 amide bonds. The van der Waals surface area contributed by atoms with E-state index in [1.807, 2.05) is 0 Å². The van der Waals surface area contributed by atoms with Gasteiger partial charge in [0.15, 0.2) is 0 Å². The number of nitrogens with one attached hydrogen (secondary N) is 1. The first-order chi connectivity index (χ1) is 9.66. The molecule has 0 aromatic rings. The highest BCUT2D eigenvalue weighted by atomic mass is 15.1. The van der Waals surface area contributed by atoms with Crippen molar-refractivity contribution in [2.75, 3.05) is 27.2 Å². The first kappa shape index (κ1) is 19.9. The fraction of sp³-hybridized carbons (Fsp3) is 1.00. The molecule has 2 heteroatoms. The van der Waals surface area contributed by atoms with Crippen LogP contribution in [0.2, 0.25) is 0 Å². The van der Waals surface area contributed by atoms with Gasteiger partial charge in [-0.2, -0.15) is 0 Å². The zero-order chi connectivity index (χ0) is 15.1. The summed E-state index contributed by atoms with van der Waals surface area (Å²) in [5.74, 6) is 0. The quantitative estimate of drug-likeness (QED) is 0.433. The van der Waals surface area contributed by atoms with Crippen LogP contribution in [0.25, 0.3) is 0 Å². The Balaban J connectivity index is 3.13. The highest BCUT2D eigenvalue weighted by Crippen LogP contribution is 2.11. The van der Waals surface area contributed by atoms with Crippen molar-refractivity contribution in [1.82, 2.24) is 10.2 Å². The van der Waals surface area contributed by atoms with Crippen LogP contribution < -0.4 is 5.32 Å². The first-order valence-electron chi connectivity index (χ1n) is 9.05. The van der Waals surface area contributed by atoms with Crippen molar-refractivity contribution < 1.29 is 0 Å². The van der Waals surface area contributed by atoms with Crippen molar-refractivity contribution >= 4 is 0 Å². The lowest BCUT2D eigenvalue weighted by atomic mass is 10.0. The lowest BCUT2D eigenvalue weighted by Crippen LogP contribution is -2.29. The van der Waals surface area contributed by atoms with Gasteiger partial charge >= 0.3 is 0 Å². The van der Waals surface area contributed by atoms with Crippen molar-refractivity contribution in [3.63, 3.8) is 0 Å². The molecule has 0 saturated heterocycles. The summed E-state index contributed by atoms with van der Waals surface area (Å²) in [6.07, 6.45) is 15.5. The van der Waals surface area contributed by atoms with Gasteiger partial charge in [-0.3, -0.25) is 0 Å². The van der Waals surface area contributed by atoms with Gasteiger partial charge in [0.05, 0.1) is 0 Å². The van der Waals surface area contributed by atoms with Crippen LogP contribution >= 0.6 is 0 Å². The van der Waals surface area contributed by atoms with Gasteiger partial charge < -0.3 is 10.2 Å². The number of rotatable bonds is 15. The Bertz CT molecular complexity index is 180. The minimum Gasteiger partial charge on any atom is -0.314 e. The molecule has 0 spiro atoms. The van der Waals surface area contributed by atoms with Crippen LogP contribution in [-0.4, -0.2) is 38.1 Å². The molecule has 0 aliphatic heterocycles. The Kier molecular flexibility index (Phi) is 15.3. The summed E-state index contributed by atoms with van der Waals surface area (Å²) in [6.45, 7) is 6.98. The van der Waals surface area contributed by atoms with Gasteiger partial charge in [0.25, 0.3) is 0 Å². The average molecular weight is 285 g/mol. The second kappa shape index (κ2) is 15.3. The average Bonchev–Trinajstić information content (AvgIpc) is 2.41. The summed E-state index contributed by atoms with van der Waals surface area (Å²) in [6, 6.07) is 0.696. The summed E-state index contributed by atoms with van der Waals surface area (Å²) < 4.78 is 0. The van der Waals surface area contributed by atoms with E-state index in [2.05, 4.69) is 38.2 Å². The maximum atomic E-state index is 3.64. The van der Waals surface area contributed by atoms with Crippen LogP contribution in [0, 0.1) is 0 Å². The fourth-order valence-electron chi connectivity index (χ4n) is 2.61. The number of hydrogen-bond acceptors (Lipinski definition) is 2. The normalized spacial score (nSPS) is 13.1. The molecule has 0 heterocycles. The van der Waals surface area contributed by atoms with E-state index >= 15 is 0 Å². The van der Waals surface area contributed by atoms with Crippen LogP contribution in [0.4, 0.5) is 0 Å². The second-order valence-electron chi connectivity index (χ2n) is 6.63. The second-order valence-corrected chi connectivity index (χ2v) is 6.63. The maximum Gasteiger partial charge on any atom is 0.00387 e. The molecule has 0 rings (SSSR count). The van der Waals surface area contributed by atoms with E-state index in [0.717, 1.165) is 6.54 Å². The monoisotopic (exact) mass is 284 g/mol. The minimum absolute atomic E-state index is 0.696. The zero-order valence-corrected chi connectivity index (χ0v) is 14.7. The van der Waals surface area contributed by atoms with Gasteiger partial charge in [0, 0.05) is 6.04 Å². The molecule has 0 fully saturated rings. The highest BCUT2D eigenvalue weighted by molar-refractivity contribution is 4.61. The molecule has 1 N–H and O–H groups in total. The van der Waals surface area contributed by atoms with E-state index in [1.165, 1.54) is 77.2 Å². The van der Waals surface area contributed by atoms with Crippen LogP contribution in [0.5, 0.6) is 0 Å². The smallest absolute Gasteiger partial charge is 0.00387 e. The topological polar surface area (TPSA) is 15.3 Å². The molecule has 0 aliphatic carbocycles. The SMILES string of the molecule is CCCCCCCCCCCC(C)NCCCN(C)C. The molecule has 0 saturated carbocycles. The van der Waals surface area contributed by atoms with E-state index in [9.17, 15) is 0 Å². The fourth-order valence-corrected chi connectivity index (χ4v) is 2.61. The predicted octanol–water partition coefficient (Wildman–Crippen LogP) is 4.84. The summed E-state index contributed by atoms with van der Waals surface area (Å²) in [5, 5.41) is 3.64. The van der Waals surface area contributed by atoms with Gasteiger partial charge in [-0.05, 0) is 47.0 Å². The molecule has 1 atom stereocenters. The molecular formula is C18H40N2. The van der Waals surface area contributed by atoms with Crippen LogP contribution in [0.15, 0.2) is 0 Å². The van der Waals surface area contributed by atoms with Gasteiger partial charge in [-0.15, -0.1) is 0 Å². The van der Waals surface area contributed by atoms with E-state index in [0.29, 0.717) is 6.04 Å². The Morgan fingerprint density at radius 2 is 1.35 bits per heavy atom. The van der Waals surface area contributed by atoms with Crippen molar-refractivity contribution in [2.24, 2.45) is 0 Å². The Labute approximate surface area is 128 Å². The van der Waals surface area contributed by atoms with Crippen molar-refractivity contribution in [1.29, 1.82) is 0 Å². The van der Waals surface area contributed by atoms with Gasteiger partial charge in [-0.1, -0.05) is 64.7 Å². The Morgan fingerprint density at radius 1 is 0.800 bits per heavy atom. The molecule has 20 heavy (non-hydrogen) atoms. The third-order valence-corrected chi connectivity index (χ3v) is 4.02. The maximum absolute atomic E-state index is 3.64. The Hall–Kier alpha value is -0.0800. The van der Waals surface area contributed by atoms with Crippen molar-refractivity contribution in [3.8, 4) is 0 Å². The van der Waals surface area contributed by atoms with E-state index in [-0.39, 0.29) is 0 Å². The van der Waals surface area contributed by atoms with Crippen LogP contribution in [-0.2, 0) is 0 Å². The van der Waals surface area contributed by atoms with Crippen molar-refractivity contribution in [3.05, 3.63) is 0 Å². The molecule has 2 nitrogen and oxygen atoms in total. The van der Waals surface area contributed by atoms with E-state index < -0.39 is 0 Å². The summed E-state index contributed by atoms with van der Waals surface area (Å²) in [4.78, 5) is 2.26. The molecule has 1 unspecified atom stereocenters.